The first-order valence-corrected chi connectivity index (χ1v) is 2.35. The standard InChI is InChI=1S/Fe.Li.Ni.H3O4P.5H2O/c;;;1-5(2,3)4;;;;;/h;;;(H3,1,2,3,4);5*1H2/q+2;+1;+2;;;;;;/p-5. The van der Waals surface area contributed by atoms with Crippen molar-refractivity contribution < 1.29 is 99.0 Å². The van der Waals surface area contributed by atoms with E-state index in [1.54, 1.807) is 0 Å². The molecule has 13 heteroatoms. The predicted octanol–water partition coefficient (Wildman–Crippen LogP) is -4.81. The molecule has 0 fully saturated rings. The molecule has 0 spiro atoms. The van der Waals surface area contributed by atoms with Crippen LogP contribution in [0.2, 0.25) is 0 Å². The Balaban J connectivity index is -0.00000000286. The molecule has 8 N–H and O–H groups in total. The summed E-state index contributed by atoms with van der Waals surface area (Å²) in [4.78, 5) is 21.6. The monoisotopic (exact) mass is 304 g/mol. The Bertz CT molecular complexity index is 65.8. The first kappa shape index (κ1) is 87.1. The molecule has 0 unspecified atom stereocenters. The van der Waals surface area contributed by atoms with E-state index < -0.39 is 7.82 Å². The van der Waals surface area contributed by atoms with Gasteiger partial charge in [0.15, 0.2) is 0 Å². The Kier molecular flexibility index (Phi) is 251. The van der Waals surface area contributed by atoms with Crippen molar-refractivity contribution in [1.82, 2.24) is 0 Å². The molecule has 0 aromatic carbocycles. The van der Waals surface area contributed by atoms with E-state index in [1.807, 2.05) is 0 Å². The van der Waals surface area contributed by atoms with Crippen LogP contribution in [0, 0.1) is 0 Å². The van der Waals surface area contributed by atoms with Crippen LogP contribution >= 0.6 is 7.82 Å². The summed E-state index contributed by atoms with van der Waals surface area (Å²) in [6.07, 6.45) is 0. The number of hydrogen-bond acceptors (Lipinski definition) is 6. The SMILES string of the molecule is O=P(O)(O)O.[Fe+2].[Li+].[Ni+2].[OH-].[OH-].[OH-].[OH-].[OH-]. The minimum Gasteiger partial charge on any atom is -0.870 e. The second kappa shape index (κ2) is 37.5. The van der Waals surface area contributed by atoms with Crippen LogP contribution in [-0.2, 0) is 38.1 Å². The van der Waals surface area contributed by atoms with Crippen molar-refractivity contribution >= 4 is 7.82 Å². The van der Waals surface area contributed by atoms with E-state index >= 15 is 0 Å². The summed E-state index contributed by atoms with van der Waals surface area (Å²) in [5.74, 6) is 0. The molecular formula is H8FeLiNiO9P. The number of phosphoric acid groups is 1. The first-order valence-electron chi connectivity index (χ1n) is 0.783. The topological polar surface area (TPSA) is 228 Å². The Morgan fingerprint density at radius 3 is 0.769 bits per heavy atom. The maximum Gasteiger partial charge on any atom is 2.00 e. The Hall–Kier alpha value is 1.52. The zero-order chi connectivity index (χ0) is 4.50. The molecule has 0 atom stereocenters. The van der Waals surface area contributed by atoms with Crippen molar-refractivity contribution in [3.63, 3.8) is 0 Å². The molecule has 0 saturated carbocycles. The molecular weight excluding hydrogens is 296 g/mol. The number of rotatable bonds is 0. The van der Waals surface area contributed by atoms with E-state index in [2.05, 4.69) is 0 Å². The summed E-state index contributed by atoms with van der Waals surface area (Å²) in [7, 11) is -4.64. The minimum absolute atomic E-state index is 0. The Morgan fingerprint density at radius 2 is 0.769 bits per heavy atom. The van der Waals surface area contributed by atoms with Crippen LogP contribution in [0.5, 0.6) is 0 Å². The van der Waals surface area contributed by atoms with E-state index in [0.29, 0.717) is 0 Å². The maximum atomic E-state index is 8.88. The van der Waals surface area contributed by atoms with Gasteiger partial charge in [-0.1, -0.05) is 0 Å². The van der Waals surface area contributed by atoms with Crippen molar-refractivity contribution in [2.24, 2.45) is 0 Å². The van der Waals surface area contributed by atoms with Gasteiger partial charge in [-0.2, -0.15) is 0 Å². The fourth-order valence-corrected chi connectivity index (χ4v) is 0. The molecule has 9 nitrogen and oxygen atoms in total. The van der Waals surface area contributed by atoms with Gasteiger partial charge < -0.3 is 42.1 Å². The van der Waals surface area contributed by atoms with Crippen LogP contribution in [0.3, 0.4) is 0 Å². The van der Waals surface area contributed by atoms with E-state index in [9.17, 15) is 0 Å². The summed E-state index contributed by atoms with van der Waals surface area (Å²) in [6, 6.07) is 0. The molecule has 0 bridgehead atoms. The van der Waals surface area contributed by atoms with Crippen LogP contribution in [0.1, 0.15) is 0 Å². The molecule has 0 rings (SSSR count). The molecule has 13 heavy (non-hydrogen) atoms. The maximum absolute atomic E-state index is 8.88. The van der Waals surface area contributed by atoms with Gasteiger partial charge in [0, 0.05) is 0 Å². The van der Waals surface area contributed by atoms with Gasteiger partial charge in [-0.05, 0) is 0 Å². The van der Waals surface area contributed by atoms with Crippen LogP contribution in [0.15, 0.2) is 0 Å². The van der Waals surface area contributed by atoms with Crippen LogP contribution in [-0.4, -0.2) is 42.1 Å². The Morgan fingerprint density at radius 1 is 0.769 bits per heavy atom. The van der Waals surface area contributed by atoms with Crippen LogP contribution in [0.25, 0.3) is 0 Å². The average Bonchev–Trinajstić information content (AvgIpc) is 0.722. The summed E-state index contributed by atoms with van der Waals surface area (Å²) in [5, 5.41) is 0. The third-order valence-corrected chi connectivity index (χ3v) is 0. The number of hydrogen-bond donors (Lipinski definition) is 3. The van der Waals surface area contributed by atoms with Crippen molar-refractivity contribution in [2.75, 3.05) is 0 Å². The van der Waals surface area contributed by atoms with Gasteiger partial charge in [0.2, 0.25) is 0 Å². The van der Waals surface area contributed by atoms with Crippen molar-refractivity contribution in [2.45, 2.75) is 0 Å². The van der Waals surface area contributed by atoms with E-state index in [4.69, 9.17) is 19.2 Å². The quantitative estimate of drug-likeness (QED) is 0.287. The molecule has 0 aliphatic rings. The third kappa shape index (κ3) is 776. The molecule has 0 radical (unpaired) electrons. The zero-order valence-corrected chi connectivity index (χ0v) is 9.09. The van der Waals surface area contributed by atoms with Gasteiger partial charge in [-0.15, -0.1) is 0 Å². The molecule has 0 aromatic rings. The van der Waals surface area contributed by atoms with Crippen molar-refractivity contribution in [3.8, 4) is 0 Å². The first-order chi connectivity index (χ1) is 2.00. The molecule has 0 aliphatic heterocycles. The molecule has 86 valence electrons. The largest absolute Gasteiger partial charge is 2.00 e. The van der Waals surface area contributed by atoms with Gasteiger partial charge >= 0.3 is 60.2 Å². The minimum atomic E-state index is -4.64. The summed E-state index contributed by atoms with van der Waals surface area (Å²) >= 11 is 0. The zero-order valence-electron chi connectivity index (χ0n) is 6.10. The third-order valence-electron chi connectivity index (χ3n) is 0. The van der Waals surface area contributed by atoms with E-state index in [0.717, 1.165) is 0 Å². The van der Waals surface area contributed by atoms with E-state index in [1.165, 1.54) is 0 Å². The molecule has 0 saturated heterocycles. The second-order valence-corrected chi connectivity index (χ2v) is 1.54. The summed E-state index contributed by atoms with van der Waals surface area (Å²) in [5.41, 5.74) is 0. The summed E-state index contributed by atoms with van der Waals surface area (Å²) in [6.45, 7) is 0. The summed E-state index contributed by atoms with van der Waals surface area (Å²) < 4.78 is 8.88. The van der Waals surface area contributed by atoms with Gasteiger partial charge in [-0.3, -0.25) is 0 Å². The van der Waals surface area contributed by atoms with Gasteiger partial charge in [-0.25, -0.2) is 4.57 Å². The van der Waals surface area contributed by atoms with Crippen LogP contribution in [0.4, 0.5) is 0 Å². The smallest absolute Gasteiger partial charge is 0.870 e. The van der Waals surface area contributed by atoms with Crippen molar-refractivity contribution in [1.29, 1.82) is 0 Å². The Labute approximate surface area is 107 Å². The van der Waals surface area contributed by atoms with Gasteiger partial charge in [0.25, 0.3) is 0 Å². The van der Waals surface area contributed by atoms with Gasteiger partial charge in [0.05, 0.1) is 0 Å². The molecule has 0 aromatic heterocycles. The average molecular weight is 305 g/mol. The molecule has 0 aliphatic carbocycles. The fourth-order valence-electron chi connectivity index (χ4n) is 0. The molecule has 0 amide bonds. The van der Waals surface area contributed by atoms with E-state index in [-0.39, 0.29) is 79.8 Å². The fraction of sp³-hybridized carbons (Fsp3) is 0. The normalized spacial score (nSPS) is 4.54. The van der Waals surface area contributed by atoms with Gasteiger partial charge in [0.1, 0.15) is 0 Å². The van der Waals surface area contributed by atoms with Crippen molar-refractivity contribution in [3.05, 3.63) is 0 Å². The molecule has 0 heterocycles. The predicted molar refractivity (Wildman–Crippen MR) is 23.9 cm³/mol. The second-order valence-electron chi connectivity index (χ2n) is 0.513. The van der Waals surface area contributed by atoms with Crippen LogP contribution < -0.4 is 18.9 Å².